The van der Waals surface area contributed by atoms with Gasteiger partial charge < -0.3 is 15.5 Å². The monoisotopic (exact) mass is 359 g/mol. The zero-order valence-electron chi connectivity index (χ0n) is 14.2. The van der Waals surface area contributed by atoms with Gasteiger partial charge in [0.2, 0.25) is 11.8 Å². The minimum Gasteiger partial charge on any atom is -0.365 e. The third-order valence-electron chi connectivity index (χ3n) is 3.61. The van der Waals surface area contributed by atoms with Gasteiger partial charge in [-0.15, -0.1) is 0 Å². The van der Waals surface area contributed by atoms with Gasteiger partial charge >= 0.3 is 0 Å². The fourth-order valence-electron chi connectivity index (χ4n) is 2.28. The van der Waals surface area contributed by atoms with Gasteiger partial charge in [0.05, 0.1) is 6.54 Å². The Bertz CT molecular complexity index is 690. The smallest absolute Gasteiger partial charge is 0.239 e. The predicted molar refractivity (Wildman–Crippen MR) is 102 cm³/mol. The number of anilines is 2. The van der Waals surface area contributed by atoms with E-state index in [1.165, 1.54) is 0 Å². The zero-order chi connectivity index (χ0) is 18.1. The van der Waals surface area contributed by atoms with Gasteiger partial charge in [-0.05, 0) is 42.8 Å². The molecule has 0 aliphatic rings. The van der Waals surface area contributed by atoms with Crippen molar-refractivity contribution in [3.05, 3.63) is 59.6 Å². The maximum Gasteiger partial charge on any atom is 0.239 e. The van der Waals surface area contributed by atoms with Crippen molar-refractivity contribution in [2.75, 3.05) is 30.4 Å². The number of likely N-dealkylation sites (N-methyl/N-ethyl adjacent to an activating group) is 1. The fraction of sp³-hybridized carbons (Fsp3) is 0.263. The Morgan fingerprint density at radius 2 is 1.68 bits per heavy atom. The first-order valence-electron chi connectivity index (χ1n) is 8.13. The van der Waals surface area contributed by atoms with E-state index in [-0.39, 0.29) is 18.4 Å². The lowest BCUT2D eigenvalue weighted by atomic mass is 10.2. The Morgan fingerprint density at radius 3 is 2.36 bits per heavy atom. The summed E-state index contributed by atoms with van der Waals surface area (Å²) in [6, 6.07) is 16.7. The van der Waals surface area contributed by atoms with Gasteiger partial charge in [0.25, 0.3) is 0 Å². The fourth-order valence-corrected chi connectivity index (χ4v) is 2.40. The van der Waals surface area contributed by atoms with Crippen LogP contribution in [-0.2, 0) is 9.59 Å². The Kier molecular flexibility index (Phi) is 7.29. The van der Waals surface area contributed by atoms with Crippen LogP contribution in [0, 0.1) is 0 Å². The molecule has 0 unspecified atom stereocenters. The highest BCUT2D eigenvalue weighted by Gasteiger charge is 2.07. The van der Waals surface area contributed by atoms with Gasteiger partial charge in [-0.3, -0.25) is 9.59 Å². The number of nitrogens with one attached hydrogen (secondary N) is 2. The summed E-state index contributed by atoms with van der Waals surface area (Å²) >= 11 is 5.80. The van der Waals surface area contributed by atoms with Crippen LogP contribution in [0.4, 0.5) is 11.4 Å². The van der Waals surface area contributed by atoms with Crippen molar-refractivity contribution in [2.45, 2.75) is 12.8 Å². The number of hydrogen-bond donors (Lipinski definition) is 2. The van der Waals surface area contributed by atoms with Gasteiger partial charge in [0.15, 0.2) is 0 Å². The first-order valence-corrected chi connectivity index (χ1v) is 8.50. The summed E-state index contributed by atoms with van der Waals surface area (Å²) in [5, 5.41) is 6.25. The van der Waals surface area contributed by atoms with E-state index in [4.69, 9.17) is 11.6 Å². The van der Waals surface area contributed by atoms with Crippen molar-refractivity contribution in [2.24, 2.45) is 0 Å². The van der Waals surface area contributed by atoms with Crippen molar-refractivity contribution in [1.82, 2.24) is 5.32 Å². The molecule has 2 amide bonds. The van der Waals surface area contributed by atoms with Crippen molar-refractivity contribution in [3.8, 4) is 0 Å². The molecular weight excluding hydrogens is 338 g/mol. The molecule has 0 fully saturated rings. The van der Waals surface area contributed by atoms with Crippen molar-refractivity contribution in [1.29, 1.82) is 0 Å². The number of rotatable bonds is 8. The Hall–Kier alpha value is -2.53. The third kappa shape index (κ3) is 6.85. The molecule has 6 heteroatoms. The minimum absolute atomic E-state index is 0.0653. The molecule has 0 aliphatic carbocycles. The highest BCUT2D eigenvalue weighted by Crippen LogP contribution is 2.13. The van der Waals surface area contributed by atoms with Crippen LogP contribution in [0.25, 0.3) is 0 Å². The second-order valence-electron chi connectivity index (χ2n) is 5.70. The van der Waals surface area contributed by atoms with Gasteiger partial charge in [0.1, 0.15) is 0 Å². The maximum absolute atomic E-state index is 11.9. The van der Waals surface area contributed by atoms with E-state index in [2.05, 4.69) is 10.6 Å². The van der Waals surface area contributed by atoms with E-state index < -0.39 is 0 Å². The molecule has 0 bridgehead atoms. The predicted octanol–water partition coefficient (Wildman–Crippen LogP) is 3.31. The van der Waals surface area contributed by atoms with E-state index in [0.717, 1.165) is 5.69 Å². The molecule has 132 valence electrons. The van der Waals surface area contributed by atoms with Crippen molar-refractivity contribution < 1.29 is 9.59 Å². The molecule has 0 atom stereocenters. The van der Waals surface area contributed by atoms with E-state index in [1.807, 2.05) is 42.3 Å². The van der Waals surface area contributed by atoms with Gasteiger partial charge in [0, 0.05) is 36.4 Å². The summed E-state index contributed by atoms with van der Waals surface area (Å²) in [5.41, 5.74) is 1.70. The number of para-hydroxylation sites is 1. The summed E-state index contributed by atoms with van der Waals surface area (Å²) in [7, 11) is 1.87. The van der Waals surface area contributed by atoms with Gasteiger partial charge in [-0.2, -0.15) is 0 Å². The lowest BCUT2D eigenvalue weighted by molar-refractivity contribution is -0.120. The van der Waals surface area contributed by atoms with Crippen LogP contribution in [0.15, 0.2) is 54.6 Å². The number of halogens is 1. The second-order valence-corrected chi connectivity index (χ2v) is 6.14. The summed E-state index contributed by atoms with van der Waals surface area (Å²) in [6.45, 7) is 0.747. The van der Waals surface area contributed by atoms with Crippen molar-refractivity contribution in [3.63, 3.8) is 0 Å². The van der Waals surface area contributed by atoms with Crippen molar-refractivity contribution >= 4 is 34.8 Å². The first kappa shape index (κ1) is 18.8. The number of benzene rings is 2. The van der Waals surface area contributed by atoms with E-state index >= 15 is 0 Å². The number of amides is 2. The third-order valence-corrected chi connectivity index (χ3v) is 3.86. The normalized spacial score (nSPS) is 10.2. The van der Waals surface area contributed by atoms with Crippen LogP contribution in [0.3, 0.4) is 0 Å². The standard InChI is InChI=1S/C19H22ClN3O2/c1-23(17-6-3-2-4-7-17)14-19(25)21-13-5-8-18(24)22-16-11-9-15(20)10-12-16/h2-4,6-7,9-12H,5,8,13-14H2,1H3,(H,21,25)(H,22,24). The molecule has 0 aromatic heterocycles. The molecule has 0 spiro atoms. The number of carbonyl (C=O) groups is 2. The van der Waals surface area contributed by atoms with Crippen LogP contribution in [0.2, 0.25) is 5.02 Å². The first-order chi connectivity index (χ1) is 12.0. The molecule has 2 aromatic rings. The van der Waals surface area contributed by atoms with Crippen LogP contribution >= 0.6 is 11.6 Å². The number of nitrogens with zero attached hydrogens (tertiary/aromatic N) is 1. The molecule has 2 aromatic carbocycles. The molecule has 0 saturated carbocycles. The molecule has 25 heavy (non-hydrogen) atoms. The quantitative estimate of drug-likeness (QED) is 0.711. The summed E-state index contributed by atoms with van der Waals surface area (Å²) in [5.74, 6) is -0.151. The topological polar surface area (TPSA) is 61.4 Å². The maximum atomic E-state index is 11.9. The SMILES string of the molecule is CN(CC(=O)NCCCC(=O)Nc1ccc(Cl)cc1)c1ccccc1. The molecule has 0 saturated heterocycles. The van der Waals surface area contributed by atoms with Crippen LogP contribution in [0.5, 0.6) is 0 Å². The zero-order valence-corrected chi connectivity index (χ0v) is 14.9. The highest BCUT2D eigenvalue weighted by molar-refractivity contribution is 6.30. The molecule has 0 aliphatic heterocycles. The average Bonchev–Trinajstić information content (AvgIpc) is 2.61. The van der Waals surface area contributed by atoms with E-state index in [1.54, 1.807) is 24.3 Å². The van der Waals surface area contributed by atoms with E-state index in [0.29, 0.717) is 30.1 Å². The van der Waals surface area contributed by atoms with Crippen LogP contribution in [0.1, 0.15) is 12.8 Å². The average molecular weight is 360 g/mol. The Balaban J connectivity index is 1.62. The highest BCUT2D eigenvalue weighted by atomic mass is 35.5. The molecular formula is C19H22ClN3O2. The van der Waals surface area contributed by atoms with Crippen LogP contribution in [-0.4, -0.2) is 32.0 Å². The lowest BCUT2D eigenvalue weighted by Crippen LogP contribution is -2.35. The molecule has 2 rings (SSSR count). The van der Waals surface area contributed by atoms with Crippen LogP contribution < -0.4 is 15.5 Å². The summed E-state index contributed by atoms with van der Waals surface area (Å²) in [4.78, 5) is 25.6. The molecule has 0 heterocycles. The van der Waals surface area contributed by atoms with E-state index in [9.17, 15) is 9.59 Å². The molecule has 0 radical (unpaired) electrons. The number of hydrogen-bond acceptors (Lipinski definition) is 3. The Labute approximate surface area is 153 Å². The molecule has 2 N–H and O–H groups in total. The molecule has 5 nitrogen and oxygen atoms in total. The lowest BCUT2D eigenvalue weighted by Gasteiger charge is -2.18. The summed E-state index contributed by atoms with van der Waals surface area (Å²) in [6.07, 6.45) is 0.928. The largest absolute Gasteiger partial charge is 0.365 e. The van der Waals surface area contributed by atoms with Gasteiger partial charge in [-0.25, -0.2) is 0 Å². The Morgan fingerprint density at radius 1 is 1.00 bits per heavy atom. The number of carbonyl (C=O) groups excluding carboxylic acids is 2. The second kappa shape index (κ2) is 9.69. The van der Waals surface area contributed by atoms with Gasteiger partial charge in [-0.1, -0.05) is 29.8 Å². The summed E-state index contributed by atoms with van der Waals surface area (Å²) < 4.78 is 0. The minimum atomic E-state index is -0.0852.